The zero-order valence-corrected chi connectivity index (χ0v) is 26.2. The Morgan fingerprint density at radius 2 is 1.18 bits per heavy atom. The SMILES string of the molecule is CCCCCCCCCCC(c1[nH]cc[n+]1CCCCCCCCC)C(C)(Cc1ccccc1)c1ccccc1. The number of nitrogens with one attached hydrogen (secondary N) is 1. The zero-order valence-electron chi connectivity index (χ0n) is 26.2. The van der Waals surface area contributed by atoms with Crippen molar-refractivity contribution in [2.45, 2.75) is 148 Å². The third-order valence-electron chi connectivity index (χ3n) is 9.09. The molecule has 0 saturated carbocycles. The molecule has 0 spiro atoms. The van der Waals surface area contributed by atoms with Crippen LogP contribution >= 0.6 is 0 Å². The van der Waals surface area contributed by atoms with Crippen molar-refractivity contribution in [3.8, 4) is 0 Å². The monoisotopic (exact) mass is 543 g/mol. The number of imidazole rings is 1. The van der Waals surface area contributed by atoms with Crippen LogP contribution in [0, 0.1) is 0 Å². The molecule has 0 amide bonds. The normalized spacial score (nSPS) is 13.8. The lowest BCUT2D eigenvalue weighted by Gasteiger charge is -2.37. The van der Waals surface area contributed by atoms with Crippen molar-refractivity contribution in [3.05, 3.63) is 90.0 Å². The van der Waals surface area contributed by atoms with Gasteiger partial charge in [-0.3, -0.25) is 0 Å². The van der Waals surface area contributed by atoms with Gasteiger partial charge in [0.1, 0.15) is 12.4 Å². The molecule has 0 bridgehead atoms. The van der Waals surface area contributed by atoms with Crippen molar-refractivity contribution in [1.29, 1.82) is 0 Å². The van der Waals surface area contributed by atoms with Gasteiger partial charge in [-0.15, -0.1) is 0 Å². The summed E-state index contributed by atoms with van der Waals surface area (Å²) in [7, 11) is 0. The lowest BCUT2D eigenvalue weighted by molar-refractivity contribution is -0.705. The van der Waals surface area contributed by atoms with Crippen molar-refractivity contribution >= 4 is 0 Å². The maximum absolute atomic E-state index is 3.77. The van der Waals surface area contributed by atoms with Crippen LogP contribution in [0.1, 0.15) is 146 Å². The molecule has 0 fully saturated rings. The summed E-state index contributed by atoms with van der Waals surface area (Å²) in [5.41, 5.74) is 2.90. The zero-order chi connectivity index (χ0) is 28.3. The standard InChI is InChI=1S/C38H58N2/c1-4-6-8-10-12-13-15-23-29-36(37-39-30-32-40(37)31-24-16-14-11-9-7-5-2)38(3,35-27-21-18-22-28-35)33-34-25-19-17-20-26-34/h17-22,25-28,30,32,36H,4-16,23-24,29,31,33H2,1-3H3/p+1. The lowest BCUT2D eigenvalue weighted by Crippen LogP contribution is -2.43. The second-order valence-electron chi connectivity index (χ2n) is 12.4. The van der Waals surface area contributed by atoms with Crippen LogP contribution in [-0.4, -0.2) is 4.98 Å². The van der Waals surface area contributed by atoms with Gasteiger partial charge in [0.15, 0.2) is 0 Å². The third-order valence-corrected chi connectivity index (χ3v) is 9.09. The number of rotatable bonds is 22. The quantitative estimate of drug-likeness (QED) is 0.0960. The van der Waals surface area contributed by atoms with Crippen LogP contribution < -0.4 is 4.57 Å². The fourth-order valence-electron chi connectivity index (χ4n) is 6.62. The number of aromatic amines is 1. The minimum absolute atomic E-state index is 0.0104. The van der Waals surface area contributed by atoms with Crippen molar-refractivity contribution in [1.82, 2.24) is 4.98 Å². The first-order valence-corrected chi connectivity index (χ1v) is 16.8. The number of nitrogens with zero attached hydrogens (tertiary/aromatic N) is 1. The van der Waals surface area contributed by atoms with E-state index in [1.54, 1.807) is 0 Å². The molecule has 40 heavy (non-hydrogen) atoms. The molecule has 220 valence electrons. The molecule has 1 heterocycles. The van der Waals surface area contributed by atoms with E-state index in [0.717, 1.165) is 13.0 Å². The molecule has 2 heteroatoms. The van der Waals surface area contributed by atoms with E-state index in [1.807, 2.05) is 0 Å². The smallest absolute Gasteiger partial charge is 0.247 e. The van der Waals surface area contributed by atoms with Gasteiger partial charge in [0.25, 0.3) is 5.82 Å². The highest BCUT2D eigenvalue weighted by atomic mass is 15.1. The molecule has 2 aromatic carbocycles. The first-order chi connectivity index (χ1) is 19.7. The van der Waals surface area contributed by atoms with Gasteiger partial charge < -0.3 is 0 Å². The Kier molecular flexibility index (Phi) is 15.2. The van der Waals surface area contributed by atoms with Crippen molar-refractivity contribution in [2.75, 3.05) is 0 Å². The Morgan fingerprint density at radius 1 is 0.650 bits per heavy atom. The molecule has 0 saturated heterocycles. The van der Waals surface area contributed by atoms with Gasteiger partial charge >= 0.3 is 0 Å². The Balaban J connectivity index is 1.78. The summed E-state index contributed by atoms with van der Waals surface area (Å²) in [6, 6.07) is 22.5. The predicted molar refractivity (Wildman–Crippen MR) is 173 cm³/mol. The molecule has 1 N–H and O–H groups in total. The van der Waals surface area contributed by atoms with Gasteiger partial charge in [0.05, 0.1) is 12.5 Å². The highest BCUT2D eigenvalue weighted by Crippen LogP contribution is 2.43. The van der Waals surface area contributed by atoms with E-state index in [0.29, 0.717) is 5.92 Å². The minimum atomic E-state index is 0.0104. The summed E-state index contributed by atoms with van der Waals surface area (Å²) in [5.74, 6) is 1.87. The van der Waals surface area contributed by atoms with E-state index in [9.17, 15) is 0 Å². The predicted octanol–water partition coefficient (Wildman–Crippen LogP) is 10.9. The molecule has 1 aromatic heterocycles. The summed E-state index contributed by atoms with van der Waals surface area (Å²) >= 11 is 0. The fourth-order valence-corrected chi connectivity index (χ4v) is 6.62. The van der Waals surface area contributed by atoms with Crippen LogP contribution in [0.2, 0.25) is 0 Å². The van der Waals surface area contributed by atoms with Crippen molar-refractivity contribution < 1.29 is 4.57 Å². The average Bonchev–Trinajstić information content (AvgIpc) is 3.44. The number of aromatic nitrogens is 2. The summed E-state index contributed by atoms with van der Waals surface area (Å²) < 4.78 is 2.56. The Bertz CT molecular complexity index is 1010. The molecule has 3 aromatic rings. The number of aryl methyl sites for hydroxylation is 1. The van der Waals surface area contributed by atoms with Crippen molar-refractivity contribution in [3.63, 3.8) is 0 Å². The minimum Gasteiger partial charge on any atom is -0.247 e. The first-order valence-electron chi connectivity index (χ1n) is 16.8. The molecule has 2 atom stereocenters. The molecule has 0 aliphatic rings. The Hall–Kier alpha value is -2.35. The highest BCUT2D eigenvalue weighted by molar-refractivity contribution is 5.32. The van der Waals surface area contributed by atoms with Gasteiger partial charge in [0.2, 0.25) is 0 Å². The Morgan fingerprint density at radius 3 is 1.77 bits per heavy atom. The van der Waals surface area contributed by atoms with Gasteiger partial charge in [0, 0.05) is 5.41 Å². The summed E-state index contributed by atoms with van der Waals surface area (Å²) in [4.78, 5) is 3.77. The maximum atomic E-state index is 3.77. The second-order valence-corrected chi connectivity index (χ2v) is 12.4. The van der Waals surface area contributed by atoms with Gasteiger partial charge in [-0.2, -0.15) is 0 Å². The van der Waals surface area contributed by atoms with Crippen LogP contribution in [0.15, 0.2) is 73.1 Å². The fraction of sp³-hybridized carbons (Fsp3) is 0.605. The van der Waals surface area contributed by atoms with Gasteiger partial charge in [-0.1, -0.05) is 165 Å². The third kappa shape index (κ3) is 10.6. The van der Waals surface area contributed by atoms with Crippen LogP contribution in [0.3, 0.4) is 0 Å². The number of benzene rings is 2. The Labute approximate surface area is 247 Å². The lowest BCUT2D eigenvalue weighted by atomic mass is 9.66. The van der Waals surface area contributed by atoms with E-state index in [-0.39, 0.29) is 5.41 Å². The van der Waals surface area contributed by atoms with E-state index in [4.69, 9.17) is 0 Å². The van der Waals surface area contributed by atoms with Crippen LogP contribution in [0.25, 0.3) is 0 Å². The molecule has 0 radical (unpaired) electrons. The van der Waals surface area contributed by atoms with Crippen LogP contribution in [0.5, 0.6) is 0 Å². The number of H-pyrrole nitrogens is 1. The summed E-state index contributed by atoms with van der Waals surface area (Å²) in [5, 5.41) is 0. The second kappa shape index (κ2) is 18.9. The van der Waals surface area contributed by atoms with E-state index in [2.05, 4.69) is 103 Å². The first kappa shape index (κ1) is 32.2. The van der Waals surface area contributed by atoms with E-state index in [1.165, 1.54) is 120 Å². The molecule has 0 aliphatic carbocycles. The molecular formula is C38H59N2+. The van der Waals surface area contributed by atoms with Gasteiger partial charge in [-0.05, 0) is 36.8 Å². The number of hydrogen-bond donors (Lipinski definition) is 1. The van der Waals surface area contributed by atoms with Crippen LogP contribution in [-0.2, 0) is 18.4 Å². The van der Waals surface area contributed by atoms with E-state index < -0.39 is 0 Å². The molecule has 0 aliphatic heterocycles. The topological polar surface area (TPSA) is 19.7 Å². The highest BCUT2D eigenvalue weighted by Gasteiger charge is 2.41. The van der Waals surface area contributed by atoms with Gasteiger partial charge in [-0.25, -0.2) is 9.55 Å². The molecule has 3 rings (SSSR count). The number of hydrogen-bond acceptors (Lipinski definition) is 0. The number of unbranched alkanes of at least 4 members (excludes halogenated alkanes) is 13. The molecule has 2 nitrogen and oxygen atoms in total. The largest absolute Gasteiger partial charge is 0.258 e. The van der Waals surface area contributed by atoms with E-state index >= 15 is 0 Å². The molecule has 2 unspecified atom stereocenters. The van der Waals surface area contributed by atoms with Crippen LogP contribution in [0.4, 0.5) is 0 Å². The summed E-state index contributed by atoms with van der Waals surface area (Å²) in [6.45, 7) is 8.26. The maximum Gasteiger partial charge on any atom is 0.258 e. The van der Waals surface area contributed by atoms with Crippen molar-refractivity contribution in [2.24, 2.45) is 0 Å². The molecular weight excluding hydrogens is 484 g/mol. The average molecular weight is 544 g/mol. The summed E-state index contributed by atoms with van der Waals surface area (Å²) in [6.07, 6.45) is 27.2.